The molecule has 0 aliphatic rings. The second kappa shape index (κ2) is 7.26. The van der Waals surface area contributed by atoms with E-state index < -0.39 is 0 Å². The van der Waals surface area contributed by atoms with E-state index in [4.69, 9.17) is 5.26 Å². The van der Waals surface area contributed by atoms with Crippen molar-refractivity contribution in [2.45, 2.75) is 13.3 Å². The van der Waals surface area contributed by atoms with Gasteiger partial charge in [0.05, 0.1) is 11.3 Å². The predicted octanol–water partition coefficient (Wildman–Crippen LogP) is 2.73. The van der Waals surface area contributed by atoms with Crippen molar-refractivity contribution in [3.8, 4) is 6.07 Å². The largest absolute Gasteiger partial charge is 0.384 e. The Morgan fingerprint density at radius 3 is 2.88 bits per heavy atom. The zero-order valence-corrected chi connectivity index (χ0v) is 11.0. The zero-order chi connectivity index (χ0) is 11.8. The molecule has 0 aliphatic carbocycles. The number of hydrogen-bond donors (Lipinski definition) is 2. The first-order valence-corrected chi connectivity index (χ1v) is 6.21. The van der Waals surface area contributed by atoms with E-state index in [1.54, 1.807) is 0 Å². The molecule has 1 aromatic rings. The molecule has 4 heteroatoms. The molecule has 2 N–H and O–H groups in total. The number of nitriles is 1. The van der Waals surface area contributed by atoms with Gasteiger partial charge < -0.3 is 10.6 Å². The van der Waals surface area contributed by atoms with Crippen molar-refractivity contribution in [1.29, 1.82) is 5.26 Å². The van der Waals surface area contributed by atoms with E-state index in [2.05, 4.69) is 39.6 Å². The Morgan fingerprint density at radius 2 is 2.19 bits per heavy atom. The number of halogens is 1. The lowest BCUT2D eigenvalue weighted by Crippen LogP contribution is -2.17. The fourth-order valence-electron chi connectivity index (χ4n) is 1.38. The maximum absolute atomic E-state index is 8.96. The highest BCUT2D eigenvalue weighted by atomic mass is 79.9. The minimum absolute atomic E-state index is 0.679. The number of nitrogens with zero attached hydrogens (tertiary/aromatic N) is 1. The molecule has 0 saturated carbocycles. The lowest BCUT2D eigenvalue weighted by molar-refractivity contribution is 0.688. The Morgan fingerprint density at radius 1 is 1.38 bits per heavy atom. The summed E-state index contributed by atoms with van der Waals surface area (Å²) >= 11 is 3.35. The Balaban J connectivity index is 2.45. The molecule has 0 unspecified atom stereocenters. The maximum atomic E-state index is 8.96. The summed E-state index contributed by atoms with van der Waals surface area (Å²) in [6, 6.07) is 7.87. The first kappa shape index (κ1) is 13.0. The number of anilines is 1. The number of hydrogen-bond acceptors (Lipinski definition) is 3. The molecular weight excluding hydrogens is 266 g/mol. The van der Waals surface area contributed by atoms with Crippen LogP contribution in [0.15, 0.2) is 22.7 Å². The minimum atomic E-state index is 0.679. The predicted molar refractivity (Wildman–Crippen MR) is 70.5 cm³/mol. The number of benzene rings is 1. The Bertz CT molecular complexity index is 371. The van der Waals surface area contributed by atoms with E-state index in [-0.39, 0.29) is 0 Å². The average molecular weight is 282 g/mol. The Labute approximate surface area is 105 Å². The molecular formula is C12H16BrN3. The lowest BCUT2D eigenvalue weighted by atomic mass is 10.2. The topological polar surface area (TPSA) is 47.8 Å². The van der Waals surface area contributed by atoms with Crippen LogP contribution in [0.25, 0.3) is 0 Å². The van der Waals surface area contributed by atoms with Crippen LogP contribution >= 0.6 is 15.9 Å². The summed E-state index contributed by atoms with van der Waals surface area (Å²) in [6.07, 6.45) is 1.05. The normalized spacial score (nSPS) is 9.81. The third-order valence-corrected chi connectivity index (χ3v) is 2.69. The number of nitrogens with one attached hydrogen (secondary N) is 2. The highest BCUT2D eigenvalue weighted by Crippen LogP contribution is 2.19. The quantitative estimate of drug-likeness (QED) is 0.789. The Kier molecular flexibility index (Phi) is 5.91. The Hall–Kier alpha value is -1.05. The fourth-order valence-corrected chi connectivity index (χ4v) is 1.74. The molecule has 16 heavy (non-hydrogen) atoms. The van der Waals surface area contributed by atoms with Crippen molar-refractivity contribution in [1.82, 2.24) is 5.32 Å². The van der Waals surface area contributed by atoms with Crippen molar-refractivity contribution in [3.05, 3.63) is 28.2 Å². The molecule has 0 aliphatic heterocycles. The summed E-state index contributed by atoms with van der Waals surface area (Å²) in [7, 11) is 0. The fraction of sp³-hybridized carbons (Fsp3) is 0.417. The van der Waals surface area contributed by atoms with Gasteiger partial charge in [0, 0.05) is 11.0 Å². The molecule has 1 aromatic carbocycles. The first-order chi connectivity index (χ1) is 7.77. The van der Waals surface area contributed by atoms with Gasteiger partial charge in [0.15, 0.2) is 0 Å². The average Bonchev–Trinajstić information content (AvgIpc) is 2.30. The van der Waals surface area contributed by atoms with Crippen LogP contribution in [-0.4, -0.2) is 19.6 Å². The zero-order valence-electron chi connectivity index (χ0n) is 9.39. The SMILES string of the molecule is CCNCCCNc1ccc(Br)cc1C#N. The highest BCUT2D eigenvalue weighted by molar-refractivity contribution is 9.10. The van der Waals surface area contributed by atoms with Crippen molar-refractivity contribution in [2.75, 3.05) is 25.0 Å². The summed E-state index contributed by atoms with van der Waals surface area (Å²) < 4.78 is 0.933. The van der Waals surface area contributed by atoms with Crippen LogP contribution in [0, 0.1) is 11.3 Å². The minimum Gasteiger partial charge on any atom is -0.384 e. The van der Waals surface area contributed by atoms with Crippen LogP contribution in [-0.2, 0) is 0 Å². The standard InChI is InChI=1S/C12H16BrN3/c1-2-15-6-3-7-16-12-5-4-11(13)8-10(12)9-14/h4-5,8,15-16H,2-3,6-7H2,1H3. The first-order valence-electron chi connectivity index (χ1n) is 5.42. The molecule has 1 rings (SSSR count). The van der Waals surface area contributed by atoms with Crippen LogP contribution in [0.5, 0.6) is 0 Å². The van der Waals surface area contributed by atoms with Crippen LogP contribution < -0.4 is 10.6 Å². The highest BCUT2D eigenvalue weighted by Gasteiger charge is 2.01. The van der Waals surface area contributed by atoms with Crippen LogP contribution in [0.2, 0.25) is 0 Å². The van der Waals surface area contributed by atoms with E-state index in [9.17, 15) is 0 Å². The molecule has 0 fully saturated rings. The van der Waals surface area contributed by atoms with Gasteiger partial charge in [-0.2, -0.15) is 5.26 Å². The van der Waals surface area contributed by atoms with Gasteiger partial charge in [-0.25, -0.2) is 0 Å². The monoisotopic (exact) mass is 281 g/mol. The van der Waals surface area contributed by atoms with E-state index in [0.29, 0.717) is 5.56 Å². The molecule has 0 aromatic heterocycles. The van der Waals surface area contributed by atoms with Crippen molar-refractivity contribution < 1.29 is 0 Å². The molecule has 0 saturated heterocycles. The molecule has 0 bridgehead atoms. The molecule has 0 atom stereocenters. The van der Waals surface area contributed by atoms with E-state index >= 15 is 0 Å². The summed E-state index contributed by atoms with van der Waals surface area (Å²) in [5, 5.41) is 15.5. The molecule has 0 heterocycles. The van der Waals surface area contributed by atoms with Gasteiger partial charge in [-0.15, -0.1) is 0 Å². The van der Waals surface area contributed by atoms with Gasteiger partial charge >= 0.3 is 0 Å². The van der Waals surface area contributed by atoms with E-state index in [1.165, 1.54) is 0 Å². The number of rotatable bonds is 6. The maximum Gasteiger partial charge on any atom is 0.101 e. The molecule has 0 amide bonds. The van der Waals surface area contributed by atoms with Gasteiger partial charge in [0.25, 0.3) is 0 Å². The summed E-state index contributed by atoms with van der Waals surface area (Å²) in [6.45, 7) is 4.98. The summed E-state index contributed by atoms with van der Waals surface area (Å²) in [5.41, 5.74) is 1.58. The van der Waals surface area contributed by atoms with Crippen LogP contribution in [0.1, 0.15) is 18.9 Å². The van der Waals surface area contributed by atoms with E-state index in [1.807, 2.05) is 18.2 Å². The third kappa shape index (κ3) is 4.21. The van der Waals surface area contributed by atoms with Crippen molar-refractivity contribution >= 4 is 21.6 Å². The molecule has 86 valence electrons. The summed E-state index contributed by atoms with van der Waals surface area (Å²) in [4.78, 5) is 0. The van der Waals surface area contributed by atoms with Gasteiger partial charge in [-0.3, -0.25) is 0 Å². The molecule has 0 spiro atoms. The second-order valence-electron chi connectivity index (χ2n) is 3.44. The van der Waals surface area contributed by atoms with Gasteiger partial charge in [0.2, 0.25) is 0 Å². The third-order valence-electron chi connectivity index (χ3n) is 2.20. The van der Waals surface area contributed by atoms with Crippen LogP contribution in [0.4, 0.5) is 5.69 Å². The lowest BCUT2D eigenvalue weighted by Gasteiger charge is -2.08. The van der Waals surface area contributed by atoms with E-state index in [0.717, 1.165) is 36.2 Å². The second-order valence-corrected chi connectivity index (χ2v) is 4.35. The van der Waals surface area contributed by atoms with Gasteiger partial charge in [-0.1, -0.05) is 22.9 Å². The molecule has 0 radical (unpaired) electrons. The smallest absolute Gasteiger partial charge is 0.101 e. The van der Waals surface area contributed by atoms with Crippen LogP contribution in [0.3, 0.4) is 0 Å². The van der Waals surface area contributed by atoms with Crippen molar-refractivity contribution in [3.63, 3.8) is 0 Å². The summed E-state index contributed by atoms with van der Waals surface area (Å²) in [5.74, 6) is 0. The van der Waals surface area contributed by atoms with Gasteiger partial charge in [-0.05, 0) is 37.7 Å². The molecule has 3 nitrogen and oxygen atoms in total. The van der Waals surface area contributed by atoms with Gasteiger partial charge in [0.1, 0.15) is 6.07 Å². The van der Waals surface area contributed by atoms with Crippen molar-refractivity contribution in [2.24, 2.45) is 0 Å².